The third-order valence-electron chi connectivity index (χ3n) is 2.55. The summed E-state index contributed by atoms with van der Waals surface area (Å²) in [5.74, 6) is -0.165. The van der Waals surface area contributed by atoms with Crippen molar-refractivity contribution in [3.63, 3.8) is 0 Å². The van der Waals surface area contributed by atoms with E-state index in [1.807, 2.05) is 19.1 Å². The first-order chi connectivity index (χ1) is 8.08. The Labute approximate surface area is 109 Å². The molecule has 0 spiro atoms. The van der Waals surface area contributed by atoms with Crippen LogP contribution in [-0.4, -0.2) is 24.2 Å². The van der Waals surface area contributed by atoms with Crippen LogP contribution in [0.5, 0.6) is 0 Å². The first-order valence-electron chi connectivity index (χ1n) is 5.34. The molecule has 0 saturated heterocycles. The molecule has 1 rings (SSSR count). The van der Waals surface area contributed by atoms with Gasteiger partial charge in [-0.3, -0.25) is 9.59 Å². The molecule has 0 aromatic heterocycles. The van der Waals surface area contributed by atoms with Crippen molar-refractivity contribution in [1.82, 2.24) is 0 Å². The van der Waals surface area contributed by atoms with Gasteiger partial charge in [-0.2, -0.15) is 0 Å². The Bertz CT molecular complexity index is 427. The molecule has 0 N–H and O–H groups in total. The van der Waals surface area contributed by atoms with E-state index in [4.69, 9.17) is 0 Å². The molecule has 3 nitrogen and oxygen atoms in total. The number of carbonyl (C=O) groups excluding carboxylic acids is 2. The lowest BCUT2D eigenvalue weighted by molar-refractivity contribution is -0.139. The number of ketones is 1. The third-order valence-corrected chi connectivity index (χ3v) is 2.95. The molecule has 0 saturated carbocycles. The Morgan fingerprint density at radius 3 is 2.59 bits per heavy atom. The van der Waals surface area contributed by atoms with E-state index in [1.165, 1.54) is 7.11 Å². The maximum absolute atomic E-state index is 11.7. The van der Waals surface area contributed by atoms with Gasteiger partial charge >= 0.3 is 5.97 Å². The van der Waals surface area contributed by atoms with Crippen LogP contribution in [0.25, 0.3) is 0 Å². The van der Waals surface area contributed by atoms with E-state index in [1.54, 1.807) is 6.07 Å². The molecular formula is C13H15BrO3. The van der Waals surface area contributed by atoms with Crippen LogP contribution >= 0.6 is 15.9 Å². The maximum Gasteiger partial charge on any atom is 0.309 e. The highest BCUT2D eigenvalue weighted by Gasteiger charge is 2.09. The molecule has 0 fully saturated rings. The third kappa shape index (κ3) is 3.97. The van der Waals surface area contributed by atoms with Crippen molar-refractivity contribution in [2.75, 3.05) is 12.4 Å². The lowest BCUT2D eigenvalue weighted by Crippen LogP contribution is -2.07. The van der Waals surface area contributed by atoms with Gasteiger partial charge in [0.1, 0.15) is 0 Å². The number of hydrogen-bond acceptors (Lipinski definition) is 3. The molecule has 0 unspecified atom stereocenters. The minimum Gasteiger partial charge on any atom is -0.469 e. The Balaban J connectivity index is 2.86. The highest BCUT2D eigenvalue weighted by Crippen LogP contribution is 2.14. The van der Waals surface area contributed by atoms with Gasteiger partial charge in [0.25, 0.3) is 0 Å². The summed E-state index contributed by atoms with van der Waals surface area (Å²) < 4.78 is 4.61. The SMILES string of the molecule is COC(=O)Cc1ccc(C(=O)CCBr)cc1C. The zero-order valence-corrected chi connectivity index (χ0v) is 11.5. The fourth-order valence-corrected chi connectivity index (χ4v) is 1.89. The zero-order chi connectivity index (χ0) is 12.8. The molecule has 17 heavy (non-hydrogen) atoms. The first-order valence-corrected chi connectivity index (χ1v) is 6.46. The highest BCUT2D eigenvalue weighted by molar-refractivity contribution is 9.09. The number of carbonyl (C=O) groups is 2. The van der Waals surface area contributed by atoms with Crippen LogP contribution in [0.2, 0.25) is 0 Å². The number of rotatable bonds is 5. The average molecular weight is 299 g/mol. The topological polar surface area (TPSA) is 43.4 Å². The smallest absolute Gasteiger partial charge is 0.309 e. The van der Waals surface area contributed by atoms with Crippen LogP contribution in [0.4, 0.5) is 0 Å². The molecule has 4 heteroatoms. The minimum absolute atomic E-state index is 0.106. The van der Waals surface area contributed by atoms with Crippen LogP contribution in [0.1, 0.15) is 27.9 Å². The van der Waals surface area contributed by atoms with Crippen LogP contribution in [-0.2, 0) is 16.0 Å². The van der Waals surface area contributed by atoms with Gasteiger partial charge in [-0.15, -0.1) is 0 Å². The van der Waals surface area contributed by atoms with Crippen LogP contribution in [0.3, 0.4) is 0 Å². The Kier molecular flexibility index (Phi) is 5.35. The van der Waals surface area contributed by atoms with Gasteiger partial charge < -0.3 is 4.74 Å². The van der Waals surface area contributed by atoms with Crippen molar-refractivity contribution in [3.05, 3.63) is 34.9 Å². The standard InChI is InChI=1S/C13H15BrO3/c1-9-7-11(12(15)5-6-14)4-3-10(9)8-13(16)17-2/h3-4,7H,5-6,8H2,1-2H3. The Morgan fingerprint density at radius 2 is 2.06 bits per heavy atom. The highest BCUT2D eigenvalue weighted by atomic mass is 79.9. The second kappa shape index (κ2) is 6.55. The van der Waals surface area contributed by atoms with Gasteiger partial charge in [0.15, 0.2) is 5.78 Å². The zero-order valence-electron chi connectivity index (χ0n) is 9.96. The molecule has 0 aliphatic rings. The van der Waals surface area contributed by atoms with Crippen LogP contribution in [0.15, 0.2) is 18.2 Å². The molecular weight excluding hydrogens is 284 g/mol. The second-order valence-corrected chi connectivity index (χ2v) is 4.55. The number of Topliss-reactive ketones (excluding diaryl/α,β-unsaturated/α-hetero) is 1. The fourth-order valence-electron chi connectivity index (χ4n) is 1.53. The van der Waals surface area contributed by atoms with E-state index < -0.39 is 0 Å². The molecule has 0 atom stereocenters. The summed E-state index contributed by atoms with van der Waals surface area (Å²) in [6.07, 6.45) is 0.727. The molecule has 0 bridgehead atoms. The van der Waals surface area contributed by atoms with Gasteiger partial charge in [-0.1, -0.05) is 28.1 Å². The van der Waals surface area contributed by atoms with Crippen molar-refractivity contribution in [1.29, 1.82) is 0 Å². The quantitative estimate of drug-likeness (QED) is 0.477. The summed E-state index contributed by atoms with van der Waals surface area (Å²) >= 11 is 3.24. The average Bonchev–Trinajstić information content (AvgIpc) is 2.31. The van der Waals surface area contributed by atoms with E-state index >= 15 is 0 Å². The Hall–Kier alpha value is -1.16. The molecule has 0 amide bonds. The van der Waals surface area contributed by atoms with Crippen molar-refractivity contribution < 1.29 is 14.3 Å². The predicted molar refractivity (Wildman–Crippen MR) is 69.6 cm³/mol. The van der Waals surface area contributed by atoms with Crippen molar-refractivity contribution in [2.24, 2.45) is 0 Å². The van der Waals surface area contributed by atoms with E-state index in [9.17, 15) is 9.59 Å². The molecule has 1 aromatic rings. The predicted octanol–water partition coefficient (Wildman–Crippen LogP) is 2.68. The summed E-state index contributed by atoms with van der Waals surface area (Å²) in [6, 6.07) is 5.40. The number of benzene rings is 1. The molecule has 0 aliphatic carbocycles. The van der Waals surface area contributed by atoms with Crippen molar-refractivity contribution in [2.45, 2.75) is 19.8 Å². The van der Waals surface area contributed by atoms with Crippen molar-refractivity contribution in [3.8, 4) is 0 Å². The van der Waals surface area contributed by atoms with Gasteiger partial charge in [-0.25, -0.2) is 0 Å². The molecule has 92 valence electrons. The number of aryl methyl sites for hydroxylation is 1. The monoisotopic (exact) mass is 298 g/mol. The van der Waals surface area contributed by atoms with E-state index in [0.717, 1.165) is 11.1 Å². The molecule has 0 aliphatic heterocycles. The lowest BCUT2D eigenvalue weighted by atomic mass is 10.00. The summed E-state index contributed by atoms with van der Waals surface area (Å²) in [5.41, 5.74) is 2.53. The van der Waals surface area contributed by atoms with Gasteiger partial charge in [-0.05, 0) is 24.1 Å². The van der Waals surface area contributed by atoms with Crippen LogP contribution in [0, 0.1) is 6.92 Å². The summed E-state index contributed by atoms with van der Waals surface area (Å²) in [4.78, 5) is 22.8. The summed E-state index contributed by atoms with van der Waals surface area (Å²) in [5, 5.41) is 0.662. The molecule has 0 heterocycles. The molecule has 1 aromatic carbocycles. The van der Waals surface area contributed by atoms with Crippen LogP contribution < -0.4 is 0 Å². The molecule has 0 radical (unpaired) electrons. The number of ether oxygens (including phenoxy) is 1. The number of esters is 1. The van der Waals surface area contributed by atoms with Crippen molar-refractivity contribution >= 4 is 27.7 Å². The number of halogens is 1. The van der Waals surface area contributed by atoms with Gasteiger partial charge in [0.2, 0.25) is 0 Å². The Morgan fingerprint density at radius 1 is 1.35 bits per heavy atom. The van der Waals surface area contributed by atoms with Gasteiger partial charge in [0.05, 0.1) is 13.5 Å². The number of alkyl halides is 1. The van der Waals surface area contributed by atoms with Gasteiger partial charge in [0, 0.05) is 17.3 Å². The normalized spacial score (nSPS) is 10.1. The second-order valence-electron chi connectivity index (χ2n) is 3.76. The summed E-state index contributed by atoms with van der Waals surface area (Å²) in [7, 11) is 1.37. The largest absolute Gasteiger partial charge is 0.469 e. The fraction of sp³-hybridized carbons (Fsp3) is 0.385. The maximum atomic E-state index is 11.7. The first kappa shape index (κ1) is 13.9. The summed E-state index contributed by atoms with van der Waals surface area (Å²) in [6.45, 7) is 1.89. The van der Waals surface area contributed by atoms with E-state index in [2.05, 4.69) is 20.7 Å². The lowest BCUT2D eigenvalue weighted by Gasteiger charge is -2.06. The minimum atomic E-state index is -0.271. The number of methoxy groups -OCH3 is 1. The van der Waals surface area contributed by atoms with E-state index in [-0.39, 0.29) is 18.2 Å². The van der Waals surface area contributed by atoms with E-state index in [0.29, 0.717) is 17.3 Å². The number of hydrogen-bond donors (Lipinski definition) is 0.